The van der Waals surface area contributed by atoms with Gasteiger partial charge in [0.05, 0.1) is 30.7 Å². The number of amides is 3. The minimum Gasteiger partial charge on any atom is -0.467 e. The number of esters is 1. The highest BCUT2D eigenvalue weighted by Crippen LogP contribution is 2.27. The zero-order chi connectivity index (χ0) is 21.6. The van der Waals surface area contributed by atoms with Gasteiger partial charge in [-0.3, -0.25) is 4.79 Å². The Labute approximate surface area is 170 Å². The lowest BCUT2D eigenvalue weighted by Gasteiger charge is -2.29. The summed E-state index contributed by atoms with van der Waals surface area (Å²) >= 11 is 0. The summed E-state index contributed by atoms with van der Waals surface area (Å²) in [5.41, 5.74) is 0.371. The molecule has 1 aliphatic rings. The van der Waals surface area contributed by atoms with Crippen molar-refractivity contribution in [3.05, 3.63) is 35.4 Å². The molecule has 0 saturated heterocycles. The lowest BCUT2D eigenvalue weighted by Crippen LogP contribution is -3.13. The molecule has 0 fully saturated rings. The Balaban J connectivity index is 2.32. The third-order valence-electron chi connectivity index (χ3n) is 4.33. The van der Waals surface area contributed by atoms with Crippen molar-refractivity contribution in [1.29, 1.82) is 0 Å². The molecule has 2 rings (SSSR count). The van der Waals surface area contributed by atoms with E-state index in [1.54, 1.807) is 19.1 Å². The highest BCUT2D eigenvalue weighted by molar-refractivity contribution is 5.95. The standard InChI is InChI=1S/C20H30N4O5/c1-6-24(12-15(25)23-20(3,4)5)11-13-16(18(26)28-7-2)17(22-19(27)21-13)14-9-8-10-29-14/h8-10,17H,6-7,11-12H2,1-5H3,(H,23,25)(H2,21,22,27)/p+1/t17-/m0/s1. The molecule has 0 bridgehead atoms. The molecule has 9 heteroatoms. The molecular formula is C20H31N4O5+. The van der Waals surface area contributed by atoms with Crippen molar-refractivity contribution in [3.8, 4) is 0 Å². The van der Waals surface area contributed by atoms with Gasteiger partial charge in [-0.15, -0.1) is 0 Å². The van der Waals surface area contributed by atoms with Crippen LogP contribution < -0.4 is 20.9 Å². The predicted molar refractivity (Wildman–Crippen MR) is 106 cm³/mol. The molecule has 29 heavy (non-hydrogen) atoms. The average Bonchev–Trinajstić information content (AvgIpc) is 3.13. The van der Waals surface area contributed by atoms with Gasteiger partial charge >= 0.3 is 12.0 Å². The maximum absolute atomic E-state index is 12.7. The summed E-state index contributed by atoms with van der Waals surface area (Å²) in [5, 5.41) is 8.36. The van der Waals surface area contributed by atoms with Crippen molar-refractivity contribution >= 4 is 17.9 Å². The smallest absolute Gasteiger partial charge is 0.338 e. The van der Waals surface area contributed by atoms with Crippen molar-refractivity contribution in [2.45, 2.75) is 46.2 Å². The van der Waals surface area contributed by atoms with Crippen LogP contribution >= 0.6 is 0 Å². The van der Waals surface area contributed by atoms with Crippen LogP contribution in [0.1, 0.15) is 46.4 Å². The lowest BCUT2D eigenvalue weighted by molar-refractivity contribution is -0.885. The Hall–Kier alpha value is -2.81. The lowest BCUT2D eigenvalue weighted by atomic mass is 10.00. The van der Waals surface area contributed by atoms with E-state index >= 15 is 0 Å². The van der Waals surface area contributed by atoms with E-state index in [0.29, 0.717) is 18.0 Å². The summed E-state index contributed by atoms with van der Waals surface area (Å²) in [7, 11) is 0. The maximum Gasteiger partial charge on any atom is 0.338 e. The molecule has 1 aliphatic heterocycles. The number of ether oxygens (including phenoxy) is 1. The molecule has 0 aliphatic carbocycles. The quantitative estimate of drug-likeness (QED) is 0.462. The summed E-state index contributed by atoms with van der Waals surface area (Å²) in [4.78, 5) is 38.2. The first-order valence-electron chi connectivity index (χ1n) is 9.80. The zero-order valence-electron chi connectivity index (χ0n) is 17.7. The molecule has 0 spiro atoms. The fourth-order valence-electron chi connectivity index (χ4n) is 3.13. The third-order valence-corrected chi connectivity index (χ3v) is 4.33. The number of nitrogens with one attached hydrogen (secondary N) is 4. The fourth-order valence-corrected chi connectivity index (χ4v) is 3.13. The number of likely N-dealkylation sites (N-methyl/N-ethyl adjacent to an activating group) is 1. The van der Waals surface area contributed by atoms with E-state index in [9.17, 15) is 14.4 Å². The molecule has 0 aromatic carbocycles. The molecule has 1 unspecified atom stereocenters. The minimum atomic E-state index is -0.755. The second-order valence-electron chi connectivity index (χ2n) is 7.91. The minimum absolute atomic E-state index is 0.101. The molecule has 2 atom stereocenters. The second-order valence-corrected chi connectivity index (χ2v) is 7.91. The van der Waals surface area contributed by atoms with Gasteiger partial charge in [0.1, 0.15) is 18.3 Å². The van der Waals surface area contributed by atoms with Crippen LogP contribution in [0.3, 0.4) is 0 Å². The summed E-state index contributed by atoms with van der Waals surface area (Å²) in [6.07, 6.45) is 1.48. The van der Waals surface area contributed by atoms with Gasteiger partial charge in [-0.2, -0.15) is 0 Å². The van der Waals surface area contributed by atoms with E-state index in [4.69, 9.17) is 9.15 Å². The number of urea groups is 1. The van der Waals surface area contributed by atoms with E-state index < -0.39 is 18.0 Å². The largest absolute Gasteiger partial charge is 0.467 e. The van der Waals surface area contributed by atoms with Crippen molar-refractivity contribution in [2.24, 2.45) is 0 Å². The summed E-state index contributed by atoms with van der Waals surface area (Å²) in [6, 6.07) is 2.18. The SMILES string of the molecule is CCOC(=O)C1=C(C[NH+](CC)CC(=O)NC(C)(C)C)NC(=O)N[C@H]1c1ccco1. The van der Waals surface area contributed by atoms with Crippen LogP contribution in [-0.2, 0) is 14.3 Å². The number of hydrogen-bond donors (Lipinski definition) is 4. The van der Waals surface area contributed by atoms with Crippen molar-refractivity contribution in [1.82, 2.24) is 16.0 Å². The zero-order valence-corrected chi connectivity index (χ0v) is 17.7. The first-order valence-corrected chi connectivity index (χ1v) is 9.80. The van der Waals surface area contributed by atoms with E-state index in [1.807, 2.05) is 27.7 Å². The first kappa shape index (κ1) is 22.5. The Bertz CT molecular complexity index is 764. The van der Waals surface area contributed by atoms with Crippen LogP contribution in [-0.4, -0.2) is 49.7 Å². The first-order chi connectivity index (χ1) is 13.6. The molecular weight excluding hydrogens is 376 g/mol. The molecule has 3 amide bonds. The average molecular weight is 407 g/mol. The predicted octanol–water partition coefficient (Wildman–Crippen LogP) is 0.270. The molecule has 1 aromatic heterocycles. The van der Waals surface area contributed by atoms with Crippen LogP contribution in [0.25, 0.3) is 0 Å². The molecule has 4 N–H and O–H groups in total. The van der Waals surface area contributed by atoms with Crippen LogP contribution in [0.4, 0.5) is 4.79 Å². The maximum atomic E-state index is 12.7. The number of hydrogen-bond acceptors (Lipinski definition) is 5. The van der Waals surface area contributed by atoms with Gasteiger partial charge in [-0.1, -0.05) is 0 Å². The number of carbonyl (C=O) groups is 3. The van der Waals surface area contributed by atoms with Crippen molar-refractivity contribution in [2.75, 3.05) is 26.2 Å². The molecule has 1 aromatic rings. The van der Waals surface area contributed by atoms with Crippen LogP contribution in [0.5, 0.6) is 0 Å². The van der Waals surface area contributed by atoms with Crippen LogP contribution in [0, 0.1) is 0 Å². The molecule has 2 heterocycles. The van der Waals surface area contributed by atoms with Crippen molar-refractivity contribution < 1.29 is 28.4 Å². The second kappa shape index (κ2) is 9.60. The number of carbonyl (C=O) groups excluding carboxylic acids is 3. The summed E-state index contributed by atoms with van der Waals surface area (Å²) in [5.74, 6) is -0.203. The van der Waals surface area contributed by atoms with Crippen LogP contribution in [0.15, 0.2) is 34.1 Å². The number of quaternary nitrogens is 1. The number of furan rings is 1. The van der Waals surface area contributed by atoms with Gasteiger partial charge in [0.25, 0.3) is 5.91 Å². The molecule has 9 nitrogen and oxygen atoms in total. The molecule has 160 valence electrons. The molecule has 0 radical (unpaired) electrons. The Morgan fingerprint density at radius 3 is 2.59 bits per heavy atom. The van der Waals surface area contributed by atoms with Gasteiger partial charge in [0.2, 0.25) is 0 Å². The Morgan fingerprint density at radius 2 is 2.03 bits per heavy atom. The van der Waals surface area contributed by atoms with Crippen molar-refractivity contribution in [3.63, 3.8) is 0 Å². The normalized spacial score (nSPS) is 18.0. The van der Waals surface area contributed by atoms with E-state index in [2.05, 4.69) is 16.0 Å². The number of rotatable bonds is 8. The van der Waals surface area contributed by atoms with E-state index in [0.717, 1.165) is 4.90 Å². The molecule has 0 saturated carbocycles. The Morgan fingerprint density at radius 1 is 1.31 bits per heavy atom. The monoisotopic (exact) mass is 407 g/mol. The topological polar surface area (TPSA) is 114 Å². The van der Waals surface area contributed by atoms with Gasteiger partial charge in [-0.25, -0.2) is 9.59 Å². The van der Waals surface area contributed by atoms with Gasteiger partial charge in [0.15, 0.2) is 6.54 Å². The van der Waals surface area contributed by atoms with E-state index in [1.165, 1.54) is 6.26 Å². The highest BCUT2D eigenvalue weighted by atomic mass is 16.5. The third kappa shape index (κ3) is 6.35. The van der Waals surface area contributed by atoms with Crippen LogP contribution in [0.2, 0.25) is 0 Å². The fraction of sp³-hybridized carbons (Fsp3) is 0.550. The van der Waals surface area contributed by atoms with E-state index in [-0.39, 0.29) is 36.7 Å². The highest BCUT2D eigenvalue weighted by Gasteiger charge is 2.36. The summed E-state index contributed by atoms with van der Waals surface area (Å²) in [6.45, 7) is 10.7. The van der Waals surface area contributed by atoms with Gasteiger partial charge < -0.3 is 30.0 Å². The summed E-state index contributed by atoms with van der Waals surface area (Å²) < 4.78 is 10.6. The van der Waals surface area contributed by atoms with Gasteiger partial charge in [0, 0.05) is 5.54 Å². The Kier molecular flexibility index (Phi) is 7.44. The van der Waals surface area contributed by atoms with Gasteiger partial charge in [-0.05, 0) is 46.8 Å².